The second-order valence-electron chi connectivity index (χ2n) is 13.3. The molecule has 2 amide bonds. The summed E-state index contributed by atoms with van der Waals surface area (Å²) in [5.41, 5.74) is 4.68. The minimum atomic E-state index is -5.59. The molecular formula is C30H42N7O19P3S. The number of ether oxygens (including phenoxy) is 1. The second-order valence-corrected chi connectivity index (χ2v) is 18.7. The number of nitrogens with one attached hydrogen (secondary N) is 2. The molecule has 1 fully saturated rings. The molecule has 0 aliphatic carbocycles. The van der Waals surface area contributed by atoms with Gasteiger partial charge in [-0.2, -0.15) is 4.31 Å². The largest absolute Gasteiger partial charge is 0.504 e. The summed E-state index contributed by atoms with van der Waals surface area (Å²) in [7, 11) is -16.5. The van der Waals surface area contributed by atoms with Gasteiger partial charge in [0.15, 0.2) is 29.2 Å². The van der Waals surface area contributed by atoms with Gasteiger partial charge in [0.1, 0.15) is 36.3 Å². The first-order valence-electron chi connectivity index (χ1n) is 17.1. The summed E-state index contributed by atoms with van der Waals surface area (Å²) < 4.78 is 62.1. The molecule has 3 heterocycles. The molecule has 26 nitrogen and oxygen atoms in total. The molecule has 60 heavy (non-hydrogen) atoms. The van der Waals surface area contributed by atoms with Crippen molar-refractivity contribution in [3.8, 4) is 11.5 Å². The highest BCUT2D eigenvalue weighted by molar-refractivity contribution is 8.14. The van der Waals surface area contributed by atoms with Crippen LogP contribution in [-0.4, -0.2) is 133 Å². The molecular weight excluding hydrogens is 887 g/mol. The van der Waals surface area contributed by atoms with Crippen LogP contribution in [0.3, 0.4) is 0 Å². The number of carbonyl (C=O) groups excluding carboxylic acids is 3. The molecule has 1 aliphatic rings. The number of thioether (sulfide) groups is 1. The lowest BCUT2D eigenvalue weighted by Gasteiger charge is -2.30. The van der Waals surface area contributed by atoms with Crippen molar-refractivity contribution >= 4 is 75.2 Å². The zero-order valence-electron chi connectivity index (χ0n) is 31.4. The standard InChI is InChI=1S/C30H42N7O19P3S/c1-30(2,25(43)28(44)33-8-7-20(40)32-9-10-60-21(41)6-4-16-3-5-17(38)18(39)11-16)13-53-59(50,51)56-58(48,49)52-12-19-24(55-57(45,46)47)23(42)29(54-19)37-15-36-22-26(31)34-14-35-27(22)37/h3-6,11,14-15,19,23-25,29,38-39,42-43H,7-10,12-13H2,1-2H3,(H,32,40)(H,33,44)(H,48,49)(H,50,51)(H2,31,34,35)(H2,45,46,47)/t19-,23-,24-,25+,29-/m1/s1. The van der Waals surface area contributed by atoms with E-state index in [1.165, 1.54) is 44.2 Å². The number of carbonyl (C=O) groups is 3. The maximum absolute atomic E-state index is 12.7. The number of aliphatic hydroxyl groups excluding tert-OH is 2. The van der Waals surface area contributed by atoms with E-state index in [0.717, 1.165) is 29.0 Å². The summed E-state index contributed by atoms with van der Waals surface area (Å²) in [6.07, 6.45) is -4.40. The van der Waals surface area contributed by atoms with Gasteiger partial charge >= 0.3 is 23.5 Å². The van der Waals surface area contributed by atoms with Gasteiger partial charge in [0, 0.05) is 30.7 Å². The lowest BCUT2D eigenvalue weighted by molar-refractivity contribution is -0.137. The van der Waals surface area contributed by atoms with Crippen molar-refractivity contribution in [2.24, 2.45) is 5.41 Å². The van der Waals surface area contributed by atoms with Crippen LogP contribution in [0.15, 0.2) is 36.9 Å². The number of imidazole rings is 1. The number of benzene rings is 1. The number of aromatic nitrogens is 4. The number of aromatic hydroxyl groups is 2. The monoisotopic (exact) mass is 929 g/mol. The van der Waals surface area contributed by atoms with Gasteiger partial charge in [-0.3, -0.25) is 32.5 Å². The lowest BCUT2D eigenvalue weighted by Crippen LogP contribution is -2.46. The smallest absolute Gasteiger partial charge is 0.481 e. The fourth-order valence-electron chi connectivity index (χ4n) is 5.14. The van der Waals surface area contributed by atoms with Gasteiger partial charge in [-0.15, -0.1) is 0 Å². The number of anilines is 1. The number of nitrogen functional groups attached to an aromatic ring is 1. The van der Waals surface area contributed by atoms with Gasteiger partial charge in [-0.05, 0) is 23.8 Å². The second kappa shape index (κ2) is 20.3. The number of phenolic OH excluding ortho intramolecular Hbond substituents is 2. The van der Waals surface area contributed by atoms with Crippen molar-refractivity contribution < 1.29 is 90.7 Å². The van der Waals surface area contributed by atoms with Gasteiger partial charge < -0.3 is 61.1 Å². The van der Waals surface area contributed by atoms with Crippen molar-refractivity contribution in [1.82, 2.24) is 30.2 Å². The van der Waals surface area contributed by atoms with Crippen molar-refractivity contribution in [3.63, 3.8) is 0 Å². The minimum absolute atomic E-state index is 0.0199. The Morgan fingerprint density at radius 3 is 2.42 bits per heavy atom. The van der Waals surface area contributed by atoms with E-state index in [0.29, 0.717) is 5.56 Å². The Morgan fingerprint density at radius 2 is 1.73 bits per heavy atom. The summed E-state index contributed by atoms with van der Waals surface area (Å²) in [6, 6.07) is 4.02. The average Bonchev–Trinajstić information content (AvgIpc) is 3.71. The van der Waals surface area contributed by atoms with E-state index in [4.69, 9.17) is 19.5 Å². The van der Waals surface area contributed by atoms with E-state index in [1.807, 2.05) is 0 Å². The van der Waals surface area contributed by atoms with E-state index in [2.05, 4.69) is 34.4 Å². The lowest BCUT2D eigenvalue weighted by atomic mass is 9.87. The predicted octanol–water partition coefficient (Wildman–Crippen LogP) is -0.211. The highest BCUT2D eigenvalue weighted by Gasteiger charge is 2.50. The third kappa shape index (κ3) is 14.1. The number of nitrogens with two attached hydrogens (primary N) is 1. The summed E-state index contributed by atoms with van der Waals surface area (Å²) in [5, 5.41) is 44.8. The van der Waals surface area contributed by atoms with Crippen molar-refractivity contribution in [3.05, 3.63) is 42.5 Å². The summed E-state index contributed by atoms with van der Waals surface area (Å²) in [5.74, 6) is -2.01. The third-order valence-electron chi connectivity index (χ3n) is 8.16. The number of aliphatic hydroxyl groups is 2. The highest BCUT2D eigenvalue weighted by Crippen LogP contribution is 2.61. The van der Waals surface area contributed by atoms with Gasteiger partial charge in [0.05, 0.1) is 19.5 Å². The fraction of sp³-hybridized carbons (Fsp3) is 0.467. The third-order valence-corrected chi connectivity index (χ3v) is 12.1. The Morgan fingerprint density at radius 1 is 1.03 bits per heavy atom. The normalized spacial score (nSPS) is 21.1. The minimum Gasteiger partial charge on any atom is -0.504 e. The maximum atomic E-state index is 12.7. The van der Waals surface area contributed by atoms with Crippen LogP contribution in [0, 0.1) is 5.41 Å². The zero-order chi connectivity index (χ0) is 44.6. The molecule has 7 atom stereocenters. The number of nitrogens with zero attached hydrogens (tertiary/aromatic N) is 4. The predicted molar refractivity (Wildman–Crippen MR) is 206 cm³/mol. The van der Waals surface area contributed by atoms with Crippen molar-refractivity contribution in [1.29, 1.82) is 0 Å². The first kappa shape index (κ1) is 48.8. The van der Waals surface area contributed by atoms with Crippen LogP contribution in [-0.2, 0) is 50.7 Å². The molecule has 0 bridgehead atoms. The SMILES string of the molecule is CC(C)(COP(=O)(O)OP(=O)(O)OC[C@H]1O[C@@H](n2cnc3c(N)ncnc32)[C@H](O)[C@@H]1OP(=O)(O)O)[C@@H](O)C(=O)NCCC(=O)NCCSC(=O)C=Cc1ccc(O)c(O)c1. The zero-order valence-corrected chi connectivity index (χ0v) is 34.9. The van der Waals surface area contributed by atoms with E-state index in [-0.39, 0.29) is 58.9 Å². The van der Waals surface area contributed by atoms with Gasteiger partial charge in [-0.1, -0.05) is 37.8 Å². The van der Waals surface area contributed by atoms with Crippen LogP contribution in [0.1, 0.15) is 32.1 Å². The van der Waals surface area contributed by atoms with E-state index >= 15 is 0 Å². The van der Waals surface area contributed by atoms with Gasteiger partial charge in [0.25, 0.3) is 0 Å². The molecule has 2 unspecified atom stereocenters. The Bertz CT molecular complexity index is 2210. The number of phosphoric acid groups is 3. The Hall–Kier alpha value is -3.88. The molecule has 30 heteroatoms. The van der Waals surface area contributed by atoms with E-state index in [9.17, 15) is 68.1 Å². The number of rotatable bonds is 21. The van der Waals surface area contributed by atoms with Crippen LogP contribution < -0.4 is 16.4 Å². The Balaban J connectivity index is 1.20. The molecule has 332 valence electrons. The topological polar surface area (TPSA) is 404 Å². The molecule has 2 aromatic heterocycles. The summed E-state index contributed by atoms with van der Waals surface area (Å²) >= 11 is 0.898. The Labute approximate surface area is 343 Å². The molecule has 1 saturated heterocycles. The fourth-order valence-corrected chi connectivity index (χ4v) is 8.54. The summed E-state index contributed by atoms with van der Waals surface area (Å²) in [4.78, 5) is 87.7. The molecule has 12 N–H and O–H groups in total. The first-order valence-corrected chi connectivity index (χ1v) is 22.6. The van der Waals surface area contributed by atoms with Crippen LogP contribution >= 0.6 is 35.2 Å². The molecule has 4 rings (SSSR count). The molecule has 0 radical (unpaired) electrons. The Kier molecular flexibility index (Phi) is 16.5. The number of hydrogen-bond donors (Lipinski definition) is 11. The molecule has 3 aromatic rings. The molecule has 1 aliphatic heterocycles. The number of phosphoric ester groups is 3. The summed E-state index contributed by atoms with van der Waals surface area (Å²) in [6.45, 7) is 0.245. The average molecular weight is 930 g/mol. The van der Waals surface area contributed by atoms with E-state index < -0.39 is 84.6 Å². The number of amides is 2. The van der Waals surface area contributed by atoms with Crippen LogP contribution in [0.4, 0.5) is 5.82 Å². The highest BCUT2D eigenvalue weighted by atomic mass is 32.2. The van der Waals surface area contributed by atoms with Crippen LogP contribution in [0.5, 0.6) is 11.5 Å². The number of fused-ring (bicyclic) bond motifs is 1. The van der Waals surface area contributed by atoms with Crippen molar-refractivity contribution in [2.75, 3.05) is 37.8 Å². The number of phenols is 2. The van der Waals surface area contributed by atoms with Gasteiger partial charge in [0.2, 0.25) is 16.9 Å². The van der Waals surface area contributed by atoms with Crippen molar-refractivity contribution in [2.45, 2.75) is 50.9 Å². The van der Waals surface area contributed by atoms with E-state index in [1.54, 1.807) is 0 Å². The maximum Gasteiger partial charge on any atom is 0.481 e. The van der Waals surface area contributed by atoms with Crippen LogP contribution in [0.2, 0.25) is 0 Å². The van der Waals surface area contributed by atoms with Gasteiger partial charge in [-0.25, -0.2) is 28.6 Å². The van der Waals surface area contributed by atoms with Crippen LogP contribution in [0.25, 0.3) is 17.2 Å². The quantitative estimate of drug-likeness (QED) is 0.0285. The molecule has 1 aromatic carbocycles. The molecule has 0 spiro atoms. The number of hydrogen-bond acceptors (Lipinski definition) is 20. The first-order chi connectivity index (χ1) is 27.9. The molecule has 0 saturated carbocycles.